The highest BCUT2D eigenvalue weighted by molar-refractivity contribution is 6.12. The van der Waals surface area contributed by atoms with Crippen molar-refractivity contribution < 1.29 is 23.9 Å². The lowest BCUT2D eigenvalue weighted by Gasteiger charge is -2.30. The average Bonchev–Trinajstić information content (AvgIpc) is 3.07. The molecule has 0 spiro atoms. The topological polar surface area (TPSA) is 72.9 Å². The molecule has 0 fully saturated rings. The van der Waals surface area contributed by atoms with Crippen molar-refractivity contribution in [2.45, 2.75) is 19.3 Å². The number of para-hydroxylation sites is 1. The normalized spacial score (nSPS) is 14.0. The molecule has 6 heteroatoms. The Bertz CT molecular complexity index is 1140. The number of ether oxygens (including phenoxy) is 2. The fourth-order valence-electron chi connectivity index (χ4n) is 4.43. The summed E-state index contributed by atoms with van der Waals surface area (Å²) in [5.74, 6) is -0.934. The van der Waals surface area contributed by atoms with E-state index in [4.69, 9.17) is 9.47 Å². The summed E-state index contributed by atoms with van der Waals surface area (Å²) in [5.41, 5.74) is 2.81. The molecule has 1 amide bonds. The predicted molar refractivity (Wildman–Crippen MR) is 125 cm³/mol. The smallest absolute Gasteiger partial charge is 0.338 e. The quantitative estimate of drug-likeness (QED) is 0.530. The Morgan fingerprint density at radius 1 is 0.758 bits per heavy atom. The summed E-state index contributed by atoms with van der Waals surface area (Å²) in [6.07, 6.45) is 0. The van der Waals surface area contributed by atoms with Crippen molar-refractivity contribution in [1.82, 2.24) is 0 Å². The summed E-state index contributed by atoms with van der Waals surface area (Å²) in [6, 6.07) is 21.5. The van der Waals surface area contributed by atoms with Gasteiger partial charge in [0.15, 0.2) is 0 Å². The molecule has 3 aromatic carbocycles. The first-order chi connectivity index (χ1) is 15.9. The van der Waals surface area contributed by atoms with Crippen LogP contribution in [0.1, 0.15) is 51.3 Å². The van der Waals surface area contributed by atoms with E-state index in [1.165, 1.54) is 0 Å². The molecule has 3 aromatic rings. The van der Waals surface area contributed by atoms with Gasteiger partial charge in [0.05, 0.1) is 24.3 Å². The molecule has 0 saturated heterocycles. The average molecular weight is 443 g/mol. The van der Waals surface area contributed by atoms with Gasteiger partial charge in [-0.15, -0.1) is 0 Å². The Hall–Kier alpha value is -3.93. The minimum absolute atomic E-state index is 0.114. The Labute approximate surface area is 192 Å². The van der Waals surface area contributed by atoms with Crippen LogP contribution in [0, 0.1) is 0 Å². The molecule has 4 rings (SSSR count). The van der Waals surface area contributed by atoms with Crippen molar-refractivity contribution in [3.8, 4) is 0 Å². The van der Waals surface area contributed by atoms with Gasteiger partial charge in [-0.2, -0.15) is 0 Å². The third-order valence-corrected chi connectivity index (χ3v) is 5.95. The molecule has 0 bridgehead atoms. The molecule has 0 radical (unpaired) electrons. The number of benzene rings is 3. The van der Waals surface area contributed by atoms with Gasteiger partial charge in [0.2, 0.25) is 5.91 Å². The molecule has 1 aliphatic heterocycles. The van der Waals surface area contributed by atoms with Gasteiger partial charge >= 0.3 is 11.9 Å². The Kier molecular flexibility index (Phi) is 6.01. The van der Waals surface area contributed by atoms with Gasteiger partial charge in [0.1, 0.15) is 5.41 Å². The highest BCUT2D eigenvalue weighted by atomic mass is 16.5. The summed E-state index contributed by atoms with van der Waals surface area (Å²) < 4.78 is 10.2. The fourth-order valence-corrected chi connectivity index (χ4v) is 4.43. The van der Waals surface area contributed by atoms with Crippen molar-refractivity contribution >= 4 is 23.5 Å². The highest BCUT2D eigenvalue weighted by Crippen LogP contribution is 2.49. The molecule has 0 aromatic heterocycles. The molecule has 168 valence electrons. The van der Waals surface area contributed by atoms with Crippen LogP contribution in [-0.2, 0) is 19.7 Å². The summed E-state index contributed by atoms with van der Waals surface area (Å²) >= 11 is 0. The zero-order valence-electron chi connectivity index (χ0n) is 18.8. The van der Waals surface area contributed by atoms with Crippen LogP contribution in [0.5, 0.6) is 0 Å². The number of hydrogen-bond acceptors (Lipinski definition) is 5. The van der Waals surface area contributed by atoms with Crippen LogP contribution in [-0.4, -0.2) is 38.1 Å². The molecule has 0 N–H and O–H groups in total. The second-order valence-electron chi connectivity index (χ2n) is 7.73. The van der Waals surface area contributed by atoms with Gasteiger partial charge in [-0.1, -0.05) is 42.5 Å². The first-order valence-electron chi connectivity index (χ1n) is 10.9. The van der Waals surface area contributed by atoms with E-state index < -0.39 is 17.4 Å². The maximum atomic E-state index is 13.9. The monoisotopic (exact) mass is 443 g/mol. The maximum Gasteiger partial charge on any atom is 0.338 e. The highest BCUT2D eigenvalue weighted by Gasteiger charge is 2.52. The van der Waals surface area contributed by atoms with E-state index in [1.807, 2.05) is 24.3 Å². The fraction of sp³-hybridized carbons (Fsp3) is 0.222. The van der Waals surface area contributed by atoms with Gasteiger partial charge in [-0.05, 0) is 55.3 Å². The van der Waals surface area contributed by atoms with Gasteiger partial charge in [0.25, 0.3) is 0 Å². The third kappa shape index (κ3) is 3.57. The van der Waals surface area contributed by atoms with Crippen LogP contribution in [0.2, 0.25) is 0 Å². The van der Waals surface area contributed by atoms with Crippen LogP contribution < -0.4 is 4.90 Å². The van der Waals surface area contributed by atoms with Gasteiger partial charge < -0.3 is 14.4 Å². The number of carbonyl (C=O) groups is 3. The number of hydrogen-bond donors (Lipinski definition) is 0. The van der Waals surface area contributed by atoms with Crippen LogP contribution in [0.3, 0.4) is 0 Å². The van der Waals surface area contributed by atoms with Crippen molar-refractivity contribution in [3.63, 3.8) is 0 Å². The van der Waals surface area contributed by atoms with Crippen molar-refractivity contribution in [2.24, 2.45) is 0 Å². The summed E-state index contributed by atoms with van der Waals surface area (Å²) in [7, 11) is 1.75. The lowest BCUT2D eigenvalue weighted by atomic mass is 9.70. The zero-order valence-corrected chi connectivity index (χ0v) is 18.8. The molecule has 0 unspecified atom stereocenters. The van der Waals surface area contributed by atoms with Crippen LogP contribution in [0.25, 0.3) is 0 Å². The predicted octanol–water partition coefficient (Wildman–Crippen LogP) is 4.35. The van der Waals surface area contributed by atoms with Crippen LogP contribution in [0.4, 0.5) is 5.69 Å². The summed E-state index contributed by atoms with van der Waals surface area (Å²) in [6.45, 7) is 4.08. The van der Waals surface area contributed by atoms with Crippen LogP contribution >= 0.6 is 0 Å². The van der Waals surface area contributed by atoms with Gasteiger partial charge in [0, 0.05) is 18.3 Å². The first-order valence-corrected chi connectivity index (χ1v) is 10.9. The van der Waals surface area contributed by atoms with Crippen LogP contribution in [0.15, 0.2) is 72.8 Å². The molecule has 6 nitrogen and oxygen atoms in total. The van der Waals surface area contributed by atoms with E-state index in [1.54, 1.807) is 74.3 Å². The third-order valence-electron chi connectivity index (χ3n) is 5.95. The van der Waals surface area contributed by atoms with E-state index in [0.717, 1.165) is 22.4 Å². The number of rotatable bonds is 6. The Balaban J connectivity index is 1.89. The molecular weight excluding hydrogens is 418 g/mol. The van der Waals surface area contributed by atoms with Gasteiger partial charge in [-0.3, -0.25) is 4.79 Å². The molecule has 1 aliphatic rings. The molecular formula is C27H25NO5. The van der Waals surface area contributed by atoms with Crippen molar-refractivity contribution in [3.05, 3.63) is 101 Å². The van der Waals surface area contributed by atoms with E-state index >= 15 is 0 Å². The Morgan fingerprint density at radius 2 is 1.21 bits per heavy atom. The second kappa shape index (κ2) is 8.90. The van der Waals surface area contributed by atoms with Gasteiger partial charge in [-0.25, -0.2) is 9.59 Å². The van der Waals surface area contributed by atoms with E-state index in [0.29, 0.717) is 11.1 Å². The number of esters is 2. The number of likely N-dealkylation sites (N-methyl/N-ethyl adjacent to an activating group) is 1. The number of anilines is 1. The van der Waals surface area contributed by atoms with E-state index in [-0.39, 0.29) is 19.1 Å². The van der Waals surface area contributed by atoms with Crippen molar-refractivity contribution in [1.29, 1.82) is 0 Å². The Morgan fingerprint density at radius 3 is 1.67 bits per heavy atom. The maximum absolute atomic E-state index is 13.9. The number of carbonyl (C=O) groups excluding carboxylic acids is 3. The number of nitrogens with zero attached hydrogens (tertiary/aromatic N) is 1. The molecule has 0 saturated carbocycles. The molecule has 0 atom stereocenters. The SMILES string of the molecule is CCOC(=O)c1ccc(C2(c3ccc(C(=O)OCC)cc3)C(=O)N(C)c3ccccc32)cc1. The first kappa shape index (κ1) is 22.3. The largest absolute Gasteiger partial charge is 0.462 e. The molecule has 1 heterocycles. The van der Waals surface area contributed by atoms with E-state index in [2.05, 4.69) is 0 Å². The number of fused-ring (bicyclic) bond motifs is 1. The second-order valence-corrected chi connectivity index (χ2v) is 7.73. The van der Waals surface area contributed by atoms with Crippen molar-refractivity contribution in [2.75, 3.05) is 25.2 Å². The lowest BCUT2D eigenvalue weighted by molar-refractivity contribution is -0.120. The minimum atomic E-state index is -1.12. The zero-order chi connectivity index (χ0) is 23.6. The summed E-state index contributed by atoms with van der Waals surface area (Å²) in [5, 5.41) is 0. The minimum Gasteiger partial charge on any atom is -0.462 e. The summed E-state index contributed by atoms with van der Waals surface area (Å²) in [4.78, 5) is 39.8. The lowest BCUT2D eigenvalue weighted by Crippen LogP contribution is -2.40. The number of amides is 1. The standard InChI is InChI=1S/C27H25NO5/c1-4-32-24(29)18-10-14-20(15-11-18)27(21-16-12-19(13-17-21)25(30)33-5-2)22-8-6-7-9-23(22)28(3)26(27)31/h6-17H,4-5H2,1-3H3. The van der Waals surface area contributed by atoms with E-state index in [9.17, 15) is 14.4 Å². The molecule has 0 aliphatic carbocycles. The molecule has 33 heavy (non-hydrogen) atoms.